The van der Waals surface area contributed by atoms with Crippen molar-refractivity contribution >= 4 is 45.0 Å². The van der Waals surface area contributed by atoms with E-state index < -0.39 is 11.5 Å². The highest BCUT2D eigenvalue weighted by atomic mass is 35.5. The Hall–Kier alpha value is -3.03. The molecule has 0 spiro atoms. The number of nitrogens with one attached hydrogen (secondary N) is 1. The summed E-state index contributed by atoms with van der Waals surface area (Å²) < 4.78 is 1.50. The topological polar surface area (TPSA) is 76.9 Å². The van der Waals surface area contributed by atoms with Crippen LogP contribution in [0.5, 0.6) is 0 Å². The number of carbonyl (C=O) groups is 1. The molecule has 1 amide bonds. The van der Waals surface area contributed by atoms with Gasteiger partial charge >= 0.3 is 0 Å². The van der Waals surface area contributed by atoms with E-state index in [0.717, 1.165) is 11.3 Å². The van der Waals surface area contributed by atoms with E-state index in [2.05, 4.69) is 15.3 Å². The highest BCUT2D eigenvalue weighted by Gasteiger charge is 2.17. The molecule has 0 atom stereocenters. The van der Waals surface area contributed by atoms with E-state index in [1.54, 1.807) is 30.5 Å². The van der Waals surface area contributed by atoms with Gasteiger partial charge in [0.15, 0.2) is 5.13 Å². The van der Waals surface area contributed by atoms with Gasteiger partial charge < -0.3 is 0 Å². The van der Waals surface area contributed by atoms with Gasteiger partial charge in [-0.3, -0.25) is 19.5 Å². The third-order valence-electron chi connectivity index (χ3n) is 4.19. The highest BCUT2D eigenvalue weighted by molar-refractivity contribution is 7.13. The molecular formula is C20H15ClN4O2S. The molecule has 3 aromatic heterocycles. The summed E-state index contributed by atoms with van der Waals surface area (Å²) in [7, 11) is 0. The minimum Gasteiger partial charge on any atom is -0.298 e. The Bertz CT molecular complexity index is 1230. The molecule has 1 N–H and O–H groups in total. The summed E-state index contributed by atoms with van der Waals surface area (Å²) in [5.41, 5.74) is 1.84. The zero-order chi connectivity index (χ0) is 19.7. The fourth-order valence-electron chi connectivity index (χ4n) is 2.86. The summed E-state index contributed by atoms with van der Waals surface area (Å²) in [6.45, 7) is 2.12. The number of hydrogen-bond donors (Lipinski definition) is 1. The third kappa shape index (κ3) is 3.67. The van der Waals surface area contributed by atoms with Crippen LogP contribution in [0.15, 0.2) is 58.8 Å². The number of amides is 1. The number of halogens is 1. The second-order valence-corrected chi connectivity index (χ2v) is 7.53. The van der Waals surface area contributed by atoms with E-state index >= 15 is 0 Å². The Kier molecular flexibility index (Phi) is 4.93. The number of fused-ring (bicyclic) bond motifs is 1. The van der Waals surface area contributed by atoms with E-state index in [9.17, 15) is 9.59 Å². The molecule has 0 aliphatic rings. The molecular weight excluding hydrogens is 396 g/mol. The number of aryl methyl sites for hydroxylation is 1. The maximum Gasteiger partial charge on any atom is 0.265 e. The first-order valence-corrected chi connectivity index (χ1v) is 9.73. The van der Waals surface area contributed by atoms with Crippen molar-refractivity contribution < 1.29 is 4.79 Å². The fraction of sp³-hybridized carbons (Fsp3) is 0.100. The van der Waals surface area contributed by atoms with E-state index in [-0.39, 0.29) is 12.1 Å². The van der Waals surface area contributed by atoms with Gasteiger partial charge in [0.25, 0.3) is 11.5 Å². The average Bonchev–Trinajstić information content (AvgIpc) is 3.10. The lowest BCUT2D eigenvalue weighted by atomic mass is 10.1. The largest absolute Gasteiger partial charge is 0.298 e. The fourth-order valence-corrected chi connectivity index (χ4v) is 3.67. The van der Waals surface area contributed by atoms with Gasteiger partial charge in [-0.2, -0.15) is 0 Å². The summed E-state index contributed by atoms with van der Waals surface area (Å²) in [6.07, 6.45) is 1.62. The van der Waals surface area contributed by atoms with Crippen molar-refractivity contribution in [2.45, 2.75) is 13.5 Å². The number of anilines is 1. The second kappa shape index (κ2) is 7.53. The highest BCUT2D eigenvalue weighted by Crippen LogP contribution is 2.18. The number of carbonyl (C=O) groups excluding carboxylic acids is 1. The van der Waals surface area contributed by atoms with Crippen LogP contribution in [-0.2, 0) is 6.54 Å². The van der Waals surface area contributed by atoms with Crippen LogP contribution < -0.4 is 10.9 Å². The quantitative estimate of drug-likeness (QED) is 0.549. The van der Waals surface area contributed by atoms with Gasteiger partial charge in [-0.1, -0.05) is 23.7 Å². The van der Waals surface area contributed by atoms with Crippen molar-refractivity contribution in [3.05, 3.63) is 86.2 Å². The van der Waals surface area contributed by atoms with Crippen molar-refractivity contribution in [2.24, 2.45) is 0 Å². The molecule has 28 heavy (non-hydrogen) atoms. The number of nitrogens with zero attached hydrogens (tertiary/aromatic N) is 3. The second-order valence-electron chi connectivity index (χ2n) is 6.24. The van der Waals surface area contributed by atoms with Crippen LogP contribution in [0.2, 0.25) is 5.02 Å². The number of hydrogen-bond acceptors (Lipinski definition) is 5. The molecule has 8 heteroatoms. The van der Waals surface area contributed by atoms with Crippen molar-refractivity contribution in [2.75, 3.05) is 5.32 Å². The van der Waals surface area contributed by atoms with E-state index in [1.807, 2.05) is 30.5 Å². The molecule has 0 aliphatic carbocycles. The van der Waals surface area contributed by atoms with Crippen molar-refractivity contribution in [3.8, 4) is 0 Å². The number of thiazole rings is 1. The zero-order valence-electron chi connectivity index (χ0n) is 14.8. The van der Waals surface area contributed by atoms with Crippen molar-refractivity contribution in [1.82, 2.24) is 14.5 Å². The number of rotatable bonds is 4. The summed E-state index contributed by atoms with van der Waals surface area (Å²) in [4.78, 5) is 34.4. The predicted octanol–water partition coefficient (Wildman–Crippen LogP) is 4.12. The molecule has 0 unspecified atom stereocenters. The maximum atomic E-state index is 13.1. The van der Waals surface area contributed by atoms with Gasteiger partial charge in [0.2, 0.25) is 0 Å². The van der Waals surface area contributed by atoms with Gasteiger partial charge in [0.1, 0.15) is 11.2 Å². The Morgan fingerprint density at radius 1 is 1.25 bits per heavy atom. The molecule has 4 rings (SSSR count). The van der Waals surface area contributed by atoms with Crippen LogP contribution in [0, 0.1) is 6.92 Å². The molecule has 0 saturated carbocycles. The van der Waals surface area contributed by atoms with E-state index in [4.69, 9.17) is 11.6 Å². The smallest absolute Gasteiger partial charge is 0.265 e. The van der Waals surface area contributed by atoms with Crippen LogP contribution in [0.25, 0.3) is 11.0 Å². The molecule has 6 nitrogen and oxygen atoms in total. The first kappa shape index (κ1) is 18.3. The van der Waals surface area contributed by atoms with Crippen molar-refractivity contribution in [3.63, 3.8) is 0 Å². The Morgan fingerprint density at radius 3 is 2.75 bits per heavy atom. The van der Waals surface area contributed by atoms with Gasteiger partial charge in [-0.15, -0.1) is 11.3 Å². The molecule has 0 aliphatic heterocycles. The minimum atomic E-state index is -0.491. The average molecular weight is 411 g/mol. The number of aromatic nitrogens is 3. The Balaban J connectivity index is 1.79. The van der Waals surface area contributed by atoms with Crippen LogP contribution >= 0.6 is 22.9 Å². The first-order chi connectivity index (χ1) is 13.5. The maximum absolute atomic E-state index is 13.1. The minimum absolute atomic E-state index is 0.0438. The van der Waals surface area contributed by atoms with E-state index in [0.29, 0.717) is 21.2 Å². The molecule has 1 aromatic carbocycles. The van der Waals surface area contributed by atoms with Crippen LogP contribution in [0.4, 0.5) is 5.13 Å². The molecule has 0 bridgehead atoms. The zero-order valence-corrected chi connectivity index (χ0v) is 16.4. The van der Waals surface area contributed by atoms with Gasteiger partial charge in [0.05, 0.1) is 12.2 Å². The molecule has 0 radical (unpaired) electrons. The molecule has 3 heterocycles. The Morgan fingerprint density at radius 2 is 2.04 bits per heavy atom. The predicted molar refractivity (Wildman–Crippen MR) is 111 cm³/mol. The van der Waals surface area contributed by atoms with Gasteiger partial charge in [-0.25, -0.2) is 9.97 Å². The van der Waals surface area contributed by atoms with Crippen LogP contribution in [0.3, 0.4) is 0 Å². The summed E-state index contributed by atoms with van der Waals surface area (Å²) >= 11 is 7.26. The third-order valence-corrected chi connectivity index (χ3v) is 5.31. The summed E-state index contributed by atoms with van der Waals surface area (Å²) in [5.74, 6) is -0.491. The Labute approximate surface area is 169 Å². The molecule has 0 saturated heterocycles. The van der Waals surface area contributed by atoms with Gasteiger partial charge in [0, 0.05) is 22.0 Å². The first-order valence-electron chi connectivity index (χ1n) is 8.48. The monoisotopic (exact) mass is 410 g/mol. The standard InChI is InChI=1S/C20H15ClN4O2S/c1-12-11-28-20(23-12)24-18(26)16-9-14-3-2-8-22-17(14)25(19(16)27)10-13-4-6-15(21)7-5-13/h2-9,11H,10H2,1H3,(H,23,24,26). The van der Waals surface area contributed by atoms with Crippen LogP contribution in [0.1, 0.15) is 21.6 Å². The molecule has 4 aromatic rings. The van der Waals surface area contributed by atoms with Gasteiger partial charge in [-0.05, 0) is 42.8 Å². The molecule has 0 fully saturated rings. The number of benzene rings is 1. The number of pyridine rings is 2. The van der Waals surface area contributed by atoms with Crippen LogP contribution in [-0.4, -0.2) is 20.4 Å². The lowest BCUT2D eigenvalue weighted by Crippen LogP contribution is -2.30. The normalized spacial score (nSPS) is 10.9. The lowest BCUT2D eigenvalue weighted by Gasteiger charge is -2.12. The lowest BCUT2D eigenvalue weighted by molar-refractivity contribution is 0.102. The summed E-state index contributed by atoms with van der Waals surface area (Å²) in [6, 6.07) is 12.4. The molecule has 140 valence electrons. The van der Waals surface area contributed by atoms with E-state index in [1.165, 1.54) is 15.9 Å². The SMILES string of the molecule is Cc1csc(NC(=O)c2cc3cccnc3n(Cc3ccc(Cl)cc3)c2=O)n1. The van der Waals surface area contributed by atoms with Crippen molar-refractivity contribution in [1.29, 1.82) is 0 Å². The summed E-state index contributed by atoms with van der Waals surface area (Å²) in [5, 5.41) is 6.31.